The zero-order valence-electron chi connectivity index (χ0n) is 11.2. The van der Waals surface area contributed by atoms with Gasteiger partial charge in [0.25, 0.3) is 5.91 Å². The van der Waals surface area contributed by atoms with Crippen LogP contribution in [0.3, 0.4) is 0 Å². The molecule has 104 valence electrons. The molecule has 5 heteroatoms. The number of amides is 1. The predicted molar refractivity (Wildman–Crippen MR) is 73.2 cm³/mol. The van der Waals surface area contributed by atoms with Crippen LogP contribution in [-0.2, 0) is 6.54 Å². The van der Waals surface area contributed by atoms with E-state index in [9.17, 15) is 9.90 Å². The van der Waals surface area contributed by atoms with Crippen molar-refractivity contribution in [2.45, 2.75) is 26.0 Å². The number of nitrogens with two attached hydrogens (primary N) is 1. The summed E-state index contributed by atoms with van der Waals surface area (Å²) in [7, 11) is 0. The Morgan fingerprint density at radius 1 is 1.47 bits per heavy atom. The molecule has 1 aromatic rings. The number of carbonyl (C=O) groups excluding carboxylic acids is 1. The second-order valence-electron chi connectivity index (χ2n) is 5.24. The molecule has 2 unspecified atom stereocenters. The molecule has 1 heterocycles. The Balaban J connectivity index is 1.94. The molecule has 0 radical (unpaired) electrons. The first-order valence-corrected chi connectivity index (χ1v) is 6.60. The number of carbonyl (C=O) groups is 1. The lowest BCUT2D eigenvalue weighted by atomic mass is 9.96. The number of nitrogen functional groups attached to an aromatic ring is 1. The predicted octanol–water partition coefficient (Wildman–Crippen LogP) is 0.493. The molecule has 1 fully saturated rings. The lowest BCUT2D eigenvalue weighted by molar-refractivity contribution is 0.0320. The smallest absolute Gasteiger partial charge is 0.265 e. The maximum absolute atomic E-state index is 11.3. The van der Waals surface area contributed by atoms with Crippen LogP contribution in [0.5, 0.6) is 0 Å². The highest BCUT2D eigenvalue weighted by Crippen LogP contribution is 2.18. The minimum absolute atomic E-state index is 0.174. The molecule has 2 rings (SSSR count). The van der Waals surface area contributed by atoms with Gasteiger partial charge in [0.05, 0.1) is 6.10 Å². The summed E-state index contributed by atoms with van der Waals surface area (Å²) in [5, 5.41) is 9.70. The molecule has 1 aliphatic rings. The average molecular weight is 263 g/mol. The fraction of sp³-hybridized carbons (Fsp3) is 0.500. The Morgan fingerprint density at radius 2 is 2.16 bits per heavy atom. The third-order valence-electron chi connectivity index (χ3n) is 3.70. The third kappa shape index (κ3) is 3.53. The second kappa shape index (κ2) is 6.14. The number of aliphatic hydroxyl groups is 1. The minimum Gasteiger partial charge on any atom is -0.393 e. The summed E-state index contributed by atoms with van der Waals surface area (Å²) in [5.74, 6) is 5.13. The van der Waals surface area contributed by atoms with Crippen LogP contribution in [0.15, 0.2) is 24.3 Å². The Morgan fingerprint density at radius 3 is 2.74 bits per heavy atom. The van der Waals surface area contributed by atoms with Gasteiger partial charge < -0.3 is 5.11 Å². The first kappa shape index (κ1) is 14.0. The molecule has 1 saturated heterocycles. The normalized spacial score (nSPS) is 24.2. The second-order valence-corrected chi connectivity index (χ2v) is 5.24. The van der Waals surface area contributed by atoms with Crippen molar-refractivity contribution in [1.29, 1.82) is 0 Å². The van der Waals surface area contributed by atoms with Gasteiger partial charge in [0, 0.05) is 25.2 Å². The van der Waals surface area contributed by atoms with E-state index in [1.54, 1.807) is 12.1 Å². The van der Waals surface area contributed by atoms with Crippen molar-refractivity contribution in [2.24, 2.45) is 11.8 Å². The van der Waals surface area contributed by atoms with Crippen LogP contribution in [-0.4, -0.2) is 35.1 Å². The standard InChI is InChI=1S/C14H21N3O2/c1-10-8-17(7-6-13(10)18)9-11-2-4-12(5-3-11)14(19)16-15/h2-5,10,13,18H,6-9,15H2,1H3,(H,16,19). The molecular weight excluding hydrogens is 242 g/mol. The van der Waals surface area contributed by atoms with Crippen LogP contribution in [0, 0.1) is 5.92 Å². The Hall–Kier alpha value is -1.43. The van der Waals surface area contributed by atoms with Gasteiger partial charge in [-0.25, -0.2) is 5.84 Å². The largest absolute Gasteiger partial charge is 0.393 e. The maximum Gasteiger partial charge on any atom is 0.265 e. The number of hydrazine groups is 1. The number of hydrogen-bond donors (Lipinski definition) is 3. The molecule has 0 bridgehead atoms. The summed E-state index contributed by atoms with van der Waals surface area (Å²) in [6.07, 6.45) is 0.654. The van der Waals surface area contributed by atoms with Crippen LogP contribution in [0.25, 0.3) is 0 Å². The van der Waals surface area contributed by atoms with Crippen molar-refractivity contribution in [3.63, 3.8) is 0 Å². The van der Waals surface area contributed by atoms with Crippen LogP contribution < -0.4 is 11.3 Å². The molecule has 0 aliphatic carbocycles. The molecule has 2 atom stereocenters. The summed E-state index contributed by atoms with van der Waals surface area (Å²) in [4.78, 5) is 13.6. The highest BCUT2D eigenvalue weighted by molar-refractivity contribution is 5.93. The van der Waals surface area contributed by atoms with Gasteiger partial charge in [-0.3, -0.25) is 15.1 Å². The van der Waals surface area contributed by atoms with Crippen molar-refractivity contribution < 1.29 is 9.90 Å². The van der Waals surface area contributed by atoms with Crippen molar-refractivity contribution in [1.82, 2.24) is 10.3 Å². The highest BCUT2D eigenvalue weighted by atomic mass is 16.3. The summed E-state index contributed by atoms with van der Waals surface area (Å²) in [5.41, 5.74) is 3.84. The van der Waals surface area contributed by atoms with E-state index in [0.29, 0.717) is 11.5 Å². The molecular formula is C14H21N3O2. The van der Waals surface area contributed by atoms with Gasteiger partial charge in [-0.1, -0.05) is 19.1 Å². The molecule has 1 amide bonds. The zero-order chi connectivity index (χ0) is 13.8. The first-order valence-electron chi connectivity index (χ1n) is 6.60. The van der Waals surface area contributed by atoms with E-state index in [-0.39, 0.29) is 12.0 Å². The fourth-order valence-corrected chi connectivity index (χ4v) is 2.47. The number of likely N-dealkylation sites (tertiary alicyclic amines) is 1. The van der Waals surface area contributed by atoms with Gasteiger partial charge in [-0.15, -0.1) is 0 Å². The van der Waals surface area contributed by atoms with Gasteiger partial charge in [0.1, 0.15) is 0 Å². The summed E-state index contributed by atoms with van der Waals surface area (Å²) in [6.45, 7) is 4.75. The van der Waals surface area contributed by atoms with E-state index in [2.05, 4.69) is 17.2 Å². The monoisotopic (exact) mass is 263 g/mol. The molecule has 0 spiro atoms. The van der Waals surface area contributed by atoms with Gasteiger partial charge in [-0.05, 0) is 30.0 Å². The molecule has 1 aromatic carbocycles. The quantitative estimate of drug-likeness (QED) is 0.421. The lowest BCUT2D eigenvalue weighted by Crippen LogP contribution is -2.41. The van der Waals surface area contributed by atoms with E-state index in [4.69, 9.17) is 5.84 Å². The number of nitrogens with one attached hydrogen (secondary N) is 1. The van der Waals surface area contributed by atoms with Crippen LogP contribution in [0.2, 0.25) is 0 Å². The number of nitrogens with zero attached hydrogens (tertiary/aromatic N) is 1. The van der Waals surface area contributed by atoms with Gasteiger partial charge in [-0.2, -0.15) is 0 Å². The molecule has 0 saturated carbocycles. The zero-order valence-corrected chi connectivity index (χ0v) is 11.2. The van der Waals surface area contributed by atoms with Crippen molar-refractivity contribution in [3.8, 4) is 0 Å². The molecule has 1 aliphatic heterocycles. The first-order chi connectivity index (χ1) is 9.10. The van der Waals surface area contributed by atoms with Crippen molar-refractivity contribution in [3.05, 3.63) is 35.4 Å². The van der Waals surface area contributed by atoms with Crippen LogP contribution in [0.4, 0.5) is 0 Å². The SMILES string of the molecule is CC1CN(Cc2ccc(C(=O)NN)cc2)CCC1O. The third-order valence-corrected chi connectivity index (χ3v) is 3.70. The van der Waals surface area contributed by atoms with Crippen molar-refractivity contribution in [2.75, 3.05) is 13.1 Å². The molecule has 0 aromatic heterocycles. The average Bonchev–Trinajstić information content (AvgIpc) is 2.43. The number of rotatable bonds is 3. The number of piperidine rings is 1. The topological polar surface area (TPSA) is 78.6 Å². The Labute approximate surface area is 113 Å². The molecule has 19 heavy (non-hydrogen) atoms. The lowest BCUT2D eigenvalue weighted by Gasteiger charge is -2.34. The van der Waals surface area contributed by atoms with E-state index >= 15 is 0 Å². The number of aliphatic hydroxyl groups excluding tert-OH is 1. The van der Waals surface area contributed by atoms with Crippen molar-refractivity contribution >= 4 is 5.91 Å². The summed E-state index contributed by atoms with van der Waals surface area (Å²) < 4.78 is 0. The van der Waals surface area contributed by atoms with E-state index in [1.165, 1.54) is 0 Å². The summed E-state index contributed by atoms with van der Waals surface area (Å²) >= 11 is 0. The minimum atomic E-state index is -0.277. The summed E-state index contributed by atoms with van der Waals surface area (Å²) in [6, 6.07) is 7.44. The van der Waals surface area contributed by atoms with Gasteiger partial charge >= 0.3 is 0 Å². The highest BCUT2D eigenvalue weighted by Gasteiger charge is 2.23. The Kier molecular flexibility index (Phi) is 4.52. The van der Waals surface area contributed by atoms with Gasteiger partial charge in [0.15, 0.2) is 0 Å². The maximum atomic E-state index is 11.3. The van der Waals surface area contributed by atoms with E-state index in [1.807, 2.05) is 12.1 Å². The van der Waals surface area contributed by atoms with E-state index < -0.39 is 0 Å². The number of hydrogen-bond acceptors (Lipinski definition) is 4. The van der Waals surface area contributed by atoms with E-state index in [0.717, 1.165) is 31.6 Å². The van der Waals surface area contributed by atoms with Crippen LogP contribution in [0.1, 0.15) is 29.3 Å². The van der Waals surface area contributed by atoms with Gasteiger partial charge in [0.2, 0.25) is 0 Å². The molecule has 5 nitrogen and oxygen atoms in total. The number of benzene rings is 1. The van der Waals surface area contributed by atoms with Crippen LogP contribution >= 0.6 is 0 Å². The molecule has 4 N–H and O–H groups in total. The fourth-order valence-electron chi connectivity index (χ4n) is 2.47. The Bertz CT molecular complexity index is 433.